The van der Waals surface area contributed by atoms with Crippen molar-refractivity contribution in [3.8, 4) is 0 Å². The van der Waals surface area contributed by atoms with Crippen LogP contribution in [0.15, 0.2) is 0 Å². The third-order valence-electron chi connectivity index (χ3n) is 1.20. The molecule has 2 atom stereocenters. The van der Waals surface area contributed by atoms with E-state index in [0.717, 1.165) is 0 Å². The molecule has 0 aliphatic carbocycles. The quantitative estimate of drug-likeness (QED) is 0.430. The Balaban J connectivity index is 2.14. The van der Waals surface area contributed by atoms with Gasteiger partial charge in [-0.05, 0) is 6.92 Å². The van der Waals surface area contributed by atoms with Crippen molar-refractivity contribution < 1.29 is 14.6 Å². The standard InChI is InChI=1S/C5H8O3/c1-3-4(8-3)2-5(6)7/h3-4H,2H2,1H3,(H,6,7)/p-1. The number of hydrogen-bond donors (Lipinski definition) is 0. The summed E-state index contributed by atoms with van der Waals surface area (Å²) < 4.78 is 4.81. The van der Waals surface area contributed by atoms with Gasteiger partial charge in [0.25, 0.3) is 0 Å². The van der Waals surface area contributed by atoms with Crippen LogP contribution in [0.3, 0.4) is 0 Å². The minimum Gasteiger partial charge on any atom is -0.550 e. The van der Waals surface area contributed by atoms with Crippen LogP contribution >= 0.6 is 0 Å². The smallest absolute Gasteiger partial charge is 0.0890 e. The molecule has 0 spiro atoms. The number of ether oxygens (including phenoxy) is 1. The summed E-state index contributed by atoms with van der Waals surface area (Å²) in [6.45, 7) is 1.84. The van der Waals surface area contributed by atoms with Crippen LogP contribution in [0, 0.1) is 0 Å². The summed E-state index contributed by atoms with van der Waals surface area (Å²) in [4.78, 5) is 9.80. The molecule has 3 heteroatoms. The molecule has 0 radical (unpaired) electrons. The molecule has 8 heavy (non-hydrogen) atoms. The van der Waals surface area contributed by atoms with E-state index in [1.165, 1.54) is 0 Å². The maximum Gasteiger partial charge on any atom is 0.0890 e. The van der Waals surface area contributed by atoms with Crippen molar-refractivity contribution in [1.82, 2.24) is 0 Å². The summed E-state index contributed by atoms with van der Waals surface area (Å²) in [5, 5.41) is 9.80. The number of carboxylic acid groups (broad SMARTS) is 1. The zero-order chi connectivity index (χ0) is 6.15. The Labute approximate surface area is 47.3 Å². The van der Waals surface area contributed by atoms with E-state index in [-0.39, 0.29) is 18.6 Å². The average Bonchev–Trinajstić information content (AvgIpc) is 2.17. The molecule has 0 saturated carbocycles. The first-order valence-corrected chi connectivity index (χ1v) is 2.55. The van der Waals surface area contributed by atoms with Gasteiger partial charge in [0.05, 0.1) is 12.2 Å². The monoisotopic (exact) mass is 115 g/mol. The SMILES string of the molecule is CC1OC1CC(=O)[O-]. The Kier molecular flexibility index (Phi) is 1.21. The molecule has 0 aromatic carbocycles. The molecular weight excluding hydrogens is 108 g/mol. The van der Waals surface area contributed by atoms with Gasteiger partial charge in [-0.3, -0.25) is 0 Å². The zero-order valence-corrected chi connectivity index (χ0v) is 4.59. The van der Waals surface area contributed by atoms with Gasteiger partial charge < -0.3 is 14.6 Å². The fourth-order valence-corrected chi connectivity index (χ4v) is 0.609. The van der Waals surface area contributed by atoms with Gasteiger partial charge in [-0.2, -0.15) is 0 Å². The first kappa shape index (κ1) is 5.56. The lowest BCUT2D eigenvalue weighted by atomic mass is 10.3. The van der Waals surface area contributed by atoms with E-state index in [1.54, 1.807) is 0 Å². The fraction of sp³-hybridized carbons (Fsp3) is 0.800. The normalized spacial score (nSPS) is 34.6. The highest BCUT2D eigenvalue weighted by Gasteiger charge is 2.33. The summed E-state index contributed by atoms with van der Waals surface area (Å²) in [6, 6.07) is 0. The van der Waals surface area contributed by atoms with Crippen molar-refractivity contribution in [2.75, 3.05) is 0 Å². The molecule has 46 valence electrons. The van der Waals surface area contributed by atoms with Crippen molar-refractivity contribution in [2.24, 2.45) is 0 Å². The molecule has 0 amide bonds. The molecular formula is C5H7O3-. The summed E-state index contributed by atoms with van der Waals surface area (Å²) in [6.07, 6.45) is 0.106. The van der Waals surface area contributed by atoms with Crippen LogP contribution in [0.1, 0.15) is 13.3 Å². The molecule has 1 fully saturated rings. The second kappa shape index (κ2) is 1.74. The number of carbonyl (C=O) groups excluding carboxylic acids is 1. The average molecular weight is 115 g/mol. The van der Waals surface area contributed by atoms with E-state index in [2.05, 4.69) is 0 Å². The van der Waals surface area contributed by atoms with Gasteiger partial charge in [0.15, 0.2) is 0 Å². The summed E-state index contributed by atoms with van der Waals surface area (Å²) in [5.74, 6) is -1.03. The first-order chi connectivity index (χ1) is 3.70. The van der Waals surface area contributed by atoms with Gasteiger partial charge in [-0.1, -0.05) is 0 Å². The predicted molar refractivity (Wildman–Crippen MR) is 24.0 cm³/mol. The molecule has 1 aliphatic heterocycles. The van der Waals surface area contributed by atoms with Crippen LogP contribution < -0.4 is 5.11 Å². The lowest BCUT2D eigenvalue weighted by Crippen LogP contribution is -2.23. The van der Waals surface area contributed by atoms with Gasteiger partial charge in [-0.15, -0.1) is 0 Å². The Hall–Kier alpha value is -0.570. The predicted octanol–water partition coefficient (Wildman–Crippen LogP) is -1.09. The van der Waals surface area contributed by atoms with Crippen molar-refractivity contribution >= 4 is 5.97 Å². The first-order valence-electron chi connectivity index (χ1n) is 2.55. The summed E-state index contributed by atoms with van der Waals surface area (Å²) in [5.41, 5.74) is 0. The second-order valence-electron chi connectivity index (χ2n) is 1.96. The molecule has 0 N–H and O–H groups in total. The third kappa shape index (κ3) is 1.20. The maximum atomic E-state index is 9.80. The van der Waals surface area contributed by atoms with Gasteiger partial charge in [0, 0.05) is 12.4 Å². The molecule has 1 heterocycles. The van der Waals surface area contributed by atoms with E-state index in [4.69, 9.17) is 4.74 Å². The van der Waals surface area contributed by atoms with Crippen LogP contribution in [-0.2, 0) is 9.53 Å². The molecule has 1 aliphatic rings. The number of carboxylic acids is 1. The second-order valence-corrected chi connectivity index (χ2v) is 1.96. The fourth-order valence-electron chi connectivity index (χ4n) is 0.609. The minimum absolute atomic E-state index is 0.0428. The highest BCUT2D eigenvalue weighted by Crippen LogP contribution is 2.23. The van der Waals surface area contributed by atoms with Gasteiger partial charge >= 0.3 is 0 Å². The molecule has 0 aromatic heterocycles. The van der Waals surface area contributed by atoms with Crippen LogP contribution in [-0.4, -0.2) is 18.2 Å². The molecule has 0 bridgehead atoms. The molecule has 3 nitrogen and oxygen atoms in total. The molecule has 1 rings (SSSR count). The van der Waals surface area contributed by atoms with E-state index < -0.39 is 5.97 Å². The zero-order valence-electron chi connectivity index (χ0n) is 4.59. The van der Waals surface area contributed by atoms with Crippen molar-refractivity contribution in [3.05, 3.63) is 0 Å². The van der Waals surface area contributed by atoms with Crippen LogP contribution in [0.4, 0.5) is 0 Å². The van der Waals surface area contributed by atoms with Crippen LogP contribution in [0.2, 0.25) is 0 Å². The Morgan fingerprint density at radius 2 is 2.38 bits per heavy atom. The molecule has 1 saturated heterocycles. The van der Waals surface area contributed by atoms with Gasteiger partial charge in [0.2, 0.25) is 0 Å². The van der Waals surface area contributed by atoms with E-state index in [0.29, 0.717) is 0 Å². The number of hydrogen-bond acceptors (Lipinski definition) is 3. The Bertz CT molecular complexity index is 110. The summed E-state index contributed by atoms with van der Waals surface area (Å²) >= 11 is 0. The van der Waals surface area contributed by atoms with E-state index in [9.17, 15) is 9.90 Å². The highest BCUT2D eigenvalue weighted by atomic mass is 16.6. The van der Waals surface area contributed by atoms with E-state index in [1.807, 2.05) is 6.92 Å². The number of aliphatic carboxylic acids is 1. The minimum atomic E-state index is -1.03. The van der Waals surface area contributed by atoms with E-state index >= 15 is 0 Å². The Morgan fingerprint density at radius 1 is 1.88 bits per heavy atom. The molecule has 0 aromatic rings. The van der Waals surface area contributed by atoms with Crippen molar-refractivity contribution in [2.45, 2.75) is 25.6 Å². The van der Waals surface area contributed by atoms with Crippen LogP contribution in [0.5, 0.6) is 0 Å². The number of rotatable bonds is 2. The number of carbonyl (C=O) groups is 1. The Morgan fingerprint density at radius 3 is 2.50 bits per heavy atom. The molecule has 2 unspecified atom stereocenters. The maximum absolute atomic E-state index is 9.80. The number of epoxide rings is 1. The van der Waals surface area contributed by atoms with Crippen LogP contribution in [0.25, 0.3) is 0 Å². The highest BCUT2D eigenvalue weighted by molar-refractivity contribution is 5.65. The lowest BCUT2D eigenvalue weighted by Gasteiger charge is -1.93. The lowest BCUT2D eigenvalue weighted by molar-refractivity contribution is -0.306. The topological polar surface area (TPSA) is 52.7 Å². The largest absolute Gasteiger partial charge is 0.550 e. The van der Waals surface area contributed by atoms with Crippen molar-refractivity contribution in [1.29, 1.82) is 0 Å². The third-order valence-corrected chi connectivity index (χ3v) is 1.20. The van der Waals surface area contributed by atoms with Crippen molar-refractivity contribution in [3.63, 3.8) is 0 Å². The van der Waals surface area contributed by atoms with Gasteiger partial charge in [0.1, 0.15) is 0 Å². The summed E-state index contributed by atoms with van der Waals surface area (Å²) in [7, 11) is 0. The van der Waals surface area contributed by atoms with Gasteiger partial charge in [-0.25, -0.2) is 0 Å².